The number of hydrogen-bond donors (Lipinski definition) is 1. The minimum absolute atomic E-state index is 0.242. The molecule has 0 radical (unpaired) electrons. The molecule has 0 aliphatic heterocycles. The van der Waals surface area contributed by atoms with Gasteiger partial charge in [0.15, 0.2) is 0 Å². The lowest BCUT2D eigenvalue weighted by Crippen LogP contribution is -2.04. The molecule has 0 heterocycles. The van der Waals surface area contributed by atoms with Crippen molar-refractivity contribution in [1.82, 2.24) is 0 Å². The smallest absolute Gasteiger partial charge is 0.146 e. The Hall–Kier alpha value is -2.09. The first-order valence-electron chi connectivity index (χ1n) is 5.49. The molecule has 0 unspecified atom stereocenters. The zero-order valence-corrected chi connectivity index (χ0v) is 9.49. The van der Waals surface area contributed by atoms with Crippen LogP contribution in [-0.4, -0.2) is 6.54 Å². The van der Waals surface area contributed by atoms with Crippen molar-refractivity contribution in [3.05, 3.63) is 72.6 Å². The molecule has 0 aliphatic carbocycles. The second kappa shape index (κ2) is 5.30. The molecule has 0 fully saturated rings. The lowest BCUT2D eigenvalue weighted by Gasteiger charge is -2.09. The van der Waals surface area contributed by atoms with Crippen LogP contribution in [0.15, 0.2) is 61.2 Å². The van der Waals surface area contributed by atoms with Crippen LogP contribution in [0.2, 0.25) is 0 Å². The average molecular weight is 227 g/mol. The van der Waals surface area contributed by atoms with Crippen molar-refractivity contribution in [3.63, 3.8) is 0 Å². The minimum Gasteiger partial charge on any atom is -0.379 e. The van der Waals surface area contributed by atoms with Gasteiger partial charge in [-0.1, -0.05) is 49.0 Å². The Morgan fingerprint density at radius 3 is 2.35 bits per heavy atom. The van der Waals surface area contributed by atoms with E-state index in [4.69, 9.17) is 0 Å². The van der Waals surface area contributed by atoms with Crippen molar-refractivity contribution in [2.24, 2.45) is 0 Å². The summed E-state index contributed by atoms with van der Waals surface area (Å²) < 4.78 is 13.4. The highest BCUT2D eigenvalue weighted by atomic mass is 19.1. The van der Waals surface area contributed by atoms with Crippen LogP contribution in [0.1, 0.15) is 5.56 Å². The van der Waals surface area contributed by atoms with E-state index in [-0.39, 0.29) is 5.82 Å². The number of benzene rings is 2. The highest BCUT2D eigenvalue weighted by Gasteiger charge is 2.01. The molecule has 0 aliphatic rings. The Bertz CT molecular complexity index is 505. The second-order valence-electron chi connectivity index (χ2n) is 3.80. The number of para-hydroxylation sites is 1. The standard InChI is InChI=1S/C15H14FN/c1-12(13-7-3-2-4-8-13)11-17-15-10-6-5-9-14(15)16/h2-10,17H,1,11H2. The number of anilines is 1. The fourth-order valence-electron chi connectivity index (χ4n) is 1.58. The number of nitrogens with one attached hydrogen (secondary N) is 1. The van der Waals surface area contributed by atoms with Gasteiger partial charge < -0.3 is 5.32 Å². The third-order valence-corrected chi connectivity index (χ3v) is 2.55. The summed E-state index contributed by atoms with van der Waals surface area (Å²) in [7, 11) is 0. The third-order valence-electron chi connectivity index (χ3n) is 2.55. The topological polar surface area (TPSA) is 12.0 Å². The Morgan fingerprint density at radius 1 is 1.00 bits per heavy atom. The lowest BCUT2D eigenvalue weighted by atomic mass is 10.1. The van der Waals surface area contributed by atoms with Crippen LogP contribution in [0.3, 0.4) is 0 Å². The van der Waals surface area contributed by atoms with E-state index in [9.17, 15) is 4.39 Å². The molecule has 0 aromatic heterocycles. The first kappa shape index (κ1) is 11.4. The summed E-state index contributed by atoms with van der Waals surface area (Å²) in [5, 5.41) is 3.04. The van der Waals surface area contributed by atoms with Crippen LogP contribution in [0, 0.1) is 5.82 Å². The van der Waals surface area contributed by atoms with E-state index in [1.54, 1.807) is 18.2 Å². The van der Waals surface area contributed by atoms with Gasteiger partial charge in [0.2, 0.25) is 0 Å². The van der Waals surface area contributed by atoms with Gasteiger partial charge in [-0.05, 0) is 23.3 Å². The van der Waals surface area contributed by atoms with Crippen molar-refractivity contribution in [3.8, 4) is 0 Å². The minimum atomic E-state index is -0.242. The van der Waals surface area contributed by atoms with E-state index < -0.39 is 0 Å². The van der Waals surface area contributed by atoms with Crippen LogP contribution in [0.5, 0.6) is 0 Å². The normalized spacial score (nSPS) is 9.94. The van der Waals surface area contributed by atoms with Crippen LogP contribution in [0.4, 0.5) is 10.1 Å². The number of hydrogen-bond acceptors (Lipinski definition) is 1. The van der Waals surface area contributed by atoms with Gasteiger partial charge in [0.05, 0.1) is 5.69 Å². The maximum Gasteiger partial charge on any atom is 0.146 e. The Balaban J connectivity index is 2.00. The molecule has 0 spiro atoms. The summed E-state index contributed by atoms with van der Waals surface area (Å²) in [6.45, 7) is 4.52. The van der Waals surface area contributed by atoms with Gasteiger partial charge >= 0.3 is 0 Å². The first-order chi connectivity index (χ1) is 8.27. The van der Waals surface area contributed by atoms with Gasteiger partial charge in [0, 0.05) is 6.54 Å². The Kier molecular flexibility index (Phi) is 3.55. The quantitative estimate of drug-likeness (QED) is 0.833. The van der Waals surface area contributed by atoms with Gasteiger partial charge in [-0.2, -0.15) is 0 Å². The maximum absolute atomic E-state index is 13.4. The molecular weight excluding hydrogens is 213 g/mol. The summed E-state index contributed by atoms with van der Waals surface area (Å²) in [6.07, 6.45) is 0. The average Bonchev–Trinajstić information content (AvgIpc) is 2.38. The summed E-state index contributed by atoms with van der Waals surface area (Å²) in [4.78, 5) is 0. The molecule has 2 aromatic rings. The van der Waals surface area contributed by atoms with E-state index in [1.165, 1.54) is 6.07 Å². The van der Waals surface area contributed by atoms with Crippen molar-refractivity contribution in [2.45, 2.75) is 0 Å². The molecule has 0 saturated carbocycles. The molecule has 0 saturated heterocycles. The summed E-state index contributed by atoms with van der Waals surface area (Å²) >= 11 is 0. The monoisotopic (exact) mass is 227 g/mol. The van der Waals surface area contributed by atoms with Gasteiger partial charge in [0.1, 0.15) is 5.82 Å². The van der Waals surface area contributed by atoms with E-state index in [0.29, 0.717) is 12.2 Å². The molecule has 2 heteroatoms. The fraction of sp³-hybridized carbons (Fsp3) is 0.0667. The summed E-state index contributed by atoms with van der Waals surface area (Å²) in [6, 6.07) is 16.5. The Labute approximate surface area is 101 Å². The molecule has 2 aromatic carbocycles. The first-order valence-corrected chi connectivity index (χ1v) is 5.49. The summed E-state index contributed by atoms with van der Waals surface area (Å²) in [5.41, 5.74) is 2.51. The fourth-order valence-corrected chi connectivity index (χ4v) is 1.58. The van der Waals surface area contributed by atoms with Gasteiger partial charge in [-0.3, -0.25) is 0 Å². The van der Waals surface area contributed by atoms with E-state index in [0.717, 1.165) is 11.1 Å². The molecule has 0 bridgehead atoms. The number of rotatable bonds is 4. The molecule has 2 rings (SSSR count). The van der Waals surface area contributed by atoms with E-state index in [2.05, 4.69) is 11.9 Å². The van der Waals surface area contributed by atoms with Gasteiger partial charge in [-0.15, -0.1) is 0 Å². The van der Waals surface area contributed by atoms with Crippen LogP contribution < -0.4 is 5.32 Å². The van der Waals surface area contributed by atoms with E-state index in [1.807, 2.05) is 30.3 Å². The predicted molar refractivity (Wildman–Crippen MR) is 70.4 cm³/mol. The number of halogens is 1. The maximum atomic E-state index is 13.4. The van der Waals surface area contributed by atoms with Crippen molar-refractivity contribution in [1.29, 1.82) is 0 Å². The van der Waals surface area contributed by atoms with E-state index >= 15 is 0 Å². The molecule has 0 atom stereocenters. The second-order valence-corrected chi connectivity index (χ2v) is 3.80. The van der Waals surface area contributed by atoms with Crippen LogP contribution in [0.25, 0.3) is 5.57 Å². The molecule has 86 valence electrons. The Morgan fingerprint density at radius 2 is 1.65 bits per heavy atom. The molecular formula is C15H14FN. The van der Waals surface area contributed by atoms with Crippen molar-refractivity contribution < 1.29 is 4.39 Å². The lowest BCUT2D eigenvalue weighted by molar-refractivity contribution is 0.631. The molecule has 0 amide bonds. The molecule has 17 heavy (non-hydrogen) atoms. The molecule has 1 N–H and O–H groups in total. The highest BCUT2D eigenvalue weighted by Crippen LogP contribution is 2.16. The highest BCUT2D eigenvalue weighted by molar-refractivity contribution is 5.67. The largest absolute Gasteiger partial charge is 0.379 e. The predicted octanol–water partition coefficient (Wildman–Crippen LogP) is 3.95. The zero-order valence-electron chi connectivity index (χ0n) is 9.49. The van der Waals surface area contributed by atoms with Gasteiger partial charge in [-0.25, -0.2) is 4.39 Å². The van der Waals surface area contributed by atoms with Crippen LogP contribution >= 0.6 is 0 Å². The zero-order chi connectivity index (χ0) is 12.1. The molecule has 1 nitrogen and oxygen atoms in total. The summed E-state index contributed by atoms with van der Waals surface area (Å²) in [5.74, 6) is -0.242. The SMILES string of the molecule is C=C(CNc1ccccc1F)c1ccccc1. The van der Waals surface area contributed by atoms with Crippen molar-refractivity contribution in [2.75, 3.05) is 11.9 Å². The van der Waals surface area contributed by atoms with Gasteiger partial charge in [0.25, 0.3) is 0 Å². The van der Waals surface area contributed by atoms with Crippen molar-refractivity contribution >= 4 is 11.3 Å². The van der Waals surface area contributed by atoms with Crippen LogP contribution in [-0.2, 0) is 0 Å². The third kappa shape index (κ3) is 2.94.